The van der Waals surface area contributed by atoms with Crippen LogP contribution < -0.4 is 15.0 Å². The molecule has 9 nitrogen and oxygen atoms in total. The number of halogens is 3. The van der Waals surface area contributed by atoms with E-state index in [9.17, 15) is 18.3 Å². The number of hydrogen-bond donors (Lipinski definition) is 2. The number of oxazole rings is 1. The van der Waals surface area contributed by atoms with Crippen LogP contribution in [0.2, 0.25) is 10.0 Å². The molecule has 240 valence electrons. The Labute approximate surface area is 275 Å². The van der Waals surface area contributed by atoms with Gasteiger partial charge in [-0.2, -0.15) is 0 Å². The monoisotopic (exact) mass is 685 g/mol. The molecule has 0 spiro atoms. The van der Waals surface area contributed by atoms with E-state index in [-0.39, 0.29) is 75.2 Å². The third kappa shape index (κ3) is 5.83. The van der Waals surface area contributed by atoms with E-state index >= 15 is 4.39 Å². The van der Waals surface area contributed by atoms with Crippen molar-refractivity contribution >= 4 is 50.3 Å². The molecule has 1 amide bonds. The Balaban J connectivity index is 1.54. The third-order valence-electron chi connectivity index (χ3n) is 7.91. The molecule has 1 atom stereocenters. The summed E-state index contributed by atoms with van der Waals surface area (Å²) in [5.74, 6) is -1.41. The summed E-state index contributed by atoms with van der Waals surface area (Å²) < 4.78 is 56.1. The molecule has 0 fully saturated rings. The Hall–Kier alpha value is -4.06. The summed E-state index contributed by atoms with van der Waals surface area (Å²) in [6.07, 6.45) is 0.252. The van der Waals surface area contributed by atoms with E-state index < -0.39 is 33.0 Å². The van der Waals surface area contributed by atoms with Crippen molar-refractivity contribution < 1.29 is 31.9 Å². The number of phenolic OH excluding ortho intramolecular Hbond substituents is 1. The number of fused-ring (bicyclic) bond motifs is 1. The number of anilines is 2. The minimum Gasteiger partial charge on any atom is -0.506 e. The van der Waals surface area contributed by atoms with Crippen molar-refractivity contribution in [1.82, 2.24) is 4.98 Å². The van der Waals surface area contributed by atoms with Crippen LogP contribution >= 0.6 is 23.2 Å². The van der Waals surface area contributed by atoms with Gasteiger partial charge in [0.25, 0.3) is 5.91 Å². The summed E-state index contributed by atoms with van der Waals surface area (Å²) in [7, 11) is -4.10. The molecule has 46 heavy (non-hydrogen) atoms. The molecule has 3 aromatic carbocycles. The maximum absolute atomic E-state index is 16.4. The van der Waals surface area contributed by atoms with E-state index in [4.69, 9.17) is 32.4 Å². The lowest BCUT2D eigenvalue weighted by Crippen LogP contribution is -2.41. The molecule has 2 aliphatic rings. The number of sulfone groups is 1. The molecule has 1 aromatic heterocycles. The number of rotatable bonds is 5. The van der Waals surface area contributed by atoms with Gasteiger partial charge >= 0.3 is 0 Å². The highest BCUT2D eigenvalue weighted by molar-refractivity contribution is 7.95. The average molecular weight is 687 g/mol. The Kier molecular flexibility index (Phi) is 8.07. The van der Waals surface area contributed by atoms with Crippen molar-refractivity contribution in [1.29, 1.82) is 0 Å². The molecule has 4 aromatic rings. The number of hydrogen-bond acceptors (Lipinski definition) is 8. The standard InChI is InChI=1S/C33H30Cl2FN3O6S/c1-17-28(37-18(2)45-17)32(41)39-26-6-5-7-27(40)29(26)38-25-14-33(3,4)16-46(42,43)31(25)30(39)21-10-9-20(13-24(21)36)44-15-19-8-11-22(34)23(35)12-19/h5-13,30,38,40H,14-16H2,1-4H3. The second kappa shape index (κ2) is 11.6. The van der Waals surface area contributed by atoms with Crippen molar-refractivity contribution in [2.24, 2.45) is 5.41 Å². The highest BCUT2D eigenvalue weighted by Gasteiger charge is 2.48. The Bertz CT molecular complexity index is 2040. The SMILES string of the molecule is Cc1nc(C(=O)N2c3cccc(O)c3NC3=C(C2c2ccc(OCc4ccc(Cl)c(Cl)c4)cc2F)S(=O)(=O)CC(C)(C)C3)c(C)o1. The van der Waals surface area contributed by atoms with Crippen molar-refractivity contribution in [2.45, 2.75) is 46.8 Å². The lowest BCUT2D eigenvalue weighted by Gasteiger charge is -2.37. The summed E-state index contributed by atoms with van der Waals surface area (Å²) in [6, 6.07) is 12.1. The zero-order chi connectivity index (χ0) is 33.1. The van der Waals surface area contributed by atoms with E-state index in [0.717, 1.165) is 6.07 Å². The van der Waals surface area contributed by atoms with Crippen LogP contribution in [0.3, 0.4) is 0 Å². The number of carbonyl (C=O) groups is 1. The van der Waals surface area contributed by atoms with Crippen molar-refractivity contribution in [3.63, 3.8) is 0 Å². The maximum atomic E-state index is 16.4. The average Bonchev–Trinajstić information content (AvgIpc) is 3.22. The van der Waals surface area contributed by atoms with E-state index in [1.165, 1.54) is 29.2 Å². The number of ether oxygens (including phenoxy) is 1. The summed E-state index contributed by atoms with van der Waals surface area (Å²) >= 11 is 12.1. The zero-order valence-corrected chi connectivity index (χ0v) is 27.6. The quantitative estimate of drug-likeness (QED) is 0.203. The van der Waals surface area contributed by atoms with Crippen molar-refractivity contribution in [3.8, 4) is 11.5 Å². The summed E-state index contributed by atoms with van der Waals surface area (Å²) in [4.78, 5) is 19.7. The number of benzene rings is 3. The maximum Gasteiger partial charge on any atom is 0.281 e. The van der Waals surface area contributed by atoms with Gasteiger partial charge in [-0.05, 0) is 60.7 Å². The third-order valence-corrected chi connectivity index (χ3v) is 11.0. The lowest BCUT2D eigenvalue weighted by atomic mass is 9.88. The highest BCUT2D eigenvalue weighted by Crippen LogP contribution is 2.52. The van der Waals surface area contributed by atoms with Gasteiger partial charge in [0.15, 0.2) is 21.4 Å². The van der Waals surface area contributed by atoms with Gasteiger partial charge in [0, 0.05) is 24.3 Å². The van der Waals surface area contributed by atoms with Crippen LogP contribution in [0, 0.1) is 25.1 Å². The Morgan fingerprint density at radius 1 is 1.15 bits per heavy atom. The number of aryl methyl sites for hydroxylation is 2. The molecule has 1 unspecified atom stereocenters. The molecule has 2 N–H and O–H groups in total. The molecular weight excluding hydrogens is 656 g/mol. The van der Waals surface area contributed by atoms with Crippen LogP contribution in [0.1, 0.15) is 59.6 Å². The molecule has 0 bridgehead atoms. The second-order valence-electron chi connectivity index (χ2n) is 12.2. The number of nitrogens with one attached hydrogen (secondary N) is 1. The number of nitrogens with zero attached hydrogens (tertiary/aromatic N) is 2. The molecule has 0 aliphatic carbocycles. The number of allylic oxidation sites excluding steroid dienone is 1. The van der Waals surface area contributed by atoms with Crippen LogP contribution in [0.15, 0.2) is 69.6 Å². The molecular formula is C33H30Cl2FN3O6S. The van der Waals surface area contributed by atoms with Gasteiger partial charge in [0.05, 0.1) is 26.4 Å². The molecule has 3 heterocycles. The number of phenols is 1. The van der Waals surface area contributed by atoms with Crippen LogP contribution in [-0.2, 0) is 16.4 Å². The van der Waals surface area contributed by atoms with Crippen molar-refractivity contribution in [2.75, 3.05) is 16.0 Å². The lowest BCUT2D eigenvalue weighted by molar-refractivity contribution is 0.0974. The fraction of sp³-hybridized carbons (Fsp3) is 0.273. The first-order valence-corrected chi connectivity index (χ1v) is 16.7. The van der Waals surface area contributed by atoms with Gasteiger partial charge < -0.3 is 19.6 Å². The molecule has 0 saturated carbocycles. The van der Waals surface area contributed by atoms with Gasteiger partial charge in [-0.1, -0.05) is 49.2 Å². The molecule has 0 radical (unpaired) electrons. The molecule has 0 saturated heterocycles. The molecule has 13 heteroatoms. The van der Waals surface area contributed by atoms with Crippen molar-refractivity contribution in [3.05, 3.63) is 110 Å². The predicted octanol–water partition coefficient (Wildman–Crippen LogP) is 7.89. The summed E-state index contributed by atoms with van der Waals surface area (Å²) in [5.41, 5.74) is 0.339. The zero-order valence-electron chi connectivity index (χ0n) is 25.3. The van der Waals surface area contributed by atoms with Gasteiger partial charge in [-0.15, -0.1) is 0 Å². The minimum absolute atomic E-state index is 0.0594. The van der Waals surface area contributed by atoms with Gasteiger partial charge in [-0.25, -0.2) is 17.8 Å². The predicted molar refractivity (Wildman–Crippen MR) is 174 cm³/mol. The highest BCUT2D eigenvalue weighted by atomic mass is 35.5. The molecule has 6 rings (SSSR count). The van der Waals surface area contributed by atoms with E-state index in [1.54, 1.807) is 38.1 Å². The topological polar surface area (TPSA) is 122 Å². The Morgan fingerprint density at radius 3 is 2.59 bits per heavy atom. The minimum atomic E-state index is -4.10. The second-order valence-corrected chi connectivity index (χ2v) is 14.9. The number of carbonyl (C=O) groups excluding carboxylic acids is 1. The molecule has 2 aliphatic heterocycles. The van der Waals surface area contributed by atoms with E-state index in [0.29, 0.717) is 15.6 Å². The first kappa shape index (κ1) is 31.9. The van der Waals surface area contributed by atoms with Crippen LogP contribution in [0.4, 0.5) is 15.8 Å². The normalized spacial score (nSPS) is 18.3. The van der Waals surface area contributed by atoms with Crippen LogP contribution in [0.5, 0.6) is 11.5 Å². The smallest absolute Gasteiger partial charge is 0.281 e. The largest absolute Gasteiger partial charge is 0.506 e. The fourth-order valence-electron chi connectivity index (χ4n) is 6.07. The summed E-state index contributed by atoms with van der Waals surface area (Å²) in [5, 5.41) is 14.8. The number of amides is 1. The fourth-order valence-corrected chi connectivity index (χ4v) is 8.74. The summed E-state index contributed by atoms with van der Waals surface area (Å²) in [6.45, 7) is 6.83. The first-order chi connectivity index (χ1) is 21.6. The number of aromatic nitrogens is 1. The Morgan fingerprint density at radius 2 is 1.91 bits per heavy atom. The van der Waals surface area contributed by atoms with E-state index in [1.807, 2.05) is 13.8 Å². The number of aromatic hydroxyl groups is 1. The van der Waals surface area contributed by atoms with Gasteiger partial charge in [-0.3, -0.25) is 9.69 Å². The van der Waals surface area contributed by atoms with Gasteiger partial charge in [0.2, 0.25) is 0 Å². The van der Waals surface area contributed by atoms with Gasteiger partial charge in [0.1, 0.15) is 41.4 Å². The number of para-hydroxylation sites is 1. The van der Waals surface area contributed by atoms with Crippen LogP contribution in [-0.4, -0.2) is 30.2 Å². The van der Waals surface area contributed by atoms with E-state index in [2.05, 4.69) is 10.3 Å². The van der Waals surface area contributed by atoms with Crippen LogP contribution in [0.25, 0.3) is 0 Å². The first-order valence-electron chi connectivity index (χ1n) is 14.3.